The van der Waals surface area contributed by atoms with Crippen LogP contribution < -0.4 is 4.74 Å². The van der Waals surface area contributed by atoms with Crippen LogP contribution in [0.25, 0.3) is 5.78 Å². The Hall–Kier alpha value is -1.30. The van der Waals surface area contributed by atoms with E-state index in [1.807, 2.05) is 19.2 Å². The molecule has 6 heteroatoms. The van der Waals surface area contributed by atoms with Crippen LogP contribution in [0.3, 0.4) is 0 Å². The zero-order valence-electron chi connectivity index (χ0n) is 8.18. The summed E-state index contributed by atoms with van der Waals surface area (Å²) in [6, 6.07) is 1.83. The van der Waals surface area contributed by atoms with Gasteiger partial charge in [-0.1, -0.05) is 11.8 Å². The van der Waals surface area contributed by atoms with Gasteiger partial charge >= 0.3 is 0 Å². The first-order valence-corrected chi connectivity index (χ1v) is 5.29. The summed E-state index contributed by atoms with van der Waals surface area (Å²) in [5.74, 6) is 1.23. The fourth-order valence-electron chi connectivity index (χ4n) is 1.17. The van der Waals surface area contributed by atoms with E-state index in [0.29, 0.717) is 16.8 Å². The van der Waals surface area contributed by atoms with E-state index in [2.05, 4.69) is 15.1 Å². The fourth-order valence-corrected chi connectivity index (χ4v) is 1.50. The largest absolute Gasteiger partial charge is 0.481 e. The number of fused-ring (bicyclic) bond motifs is 1. The van der Waals surface area contributed by atoms with Crippen LogP contribution in [0.1, 0.15) is 5.69 Å². The molecule has 74 valence electrons. The van der Waals surface area contributed by atoms with Crippen molar-refractivity contribution in [3.05, 3.63) is 11.8 Å². The summed E-state index contributed by atoms with van der Waals surface area (Å²) in [5.41, 5.74) is 0.870. The molecule has 0 aliphatic carbocycles. The Morgan fingerprint density at radius 3 is 2.86 bits per heavy atom. The quantitative estimate of drug-likeness (QED) is 0.696. The molecule has 0 aliphatic rings. The summed E-state index contributed by atoms with van der Waals surface area (Å²) in [7, 11) is 1.61. The van der Waals surface area contributed by atoms with Crippen molar-refractivity contribution < 1.29 is 4.74 Å². The molecule has 0 aromatic carbocycles. The van der Waals surface area contributed by atoms with Gasteiger partial charge in [0.1, 0.15) is 0 Å². The lowest BCUT2D eigenvalue weighted by atomic mass is 10.4. The monoisotopic (exact) mass is 210 g/mol. The maximum atomic E-state index is 5.18. The van der Waals surface area contributed by atoms with Crippen molar-refractivity contribution in [1.82, 2.24) is 19.6 Å². The molecule has 14 heavy (non-hydrogen) atoms. The van der Waals surface area contributed by atoms with E-state index in [0.717, 1.165) is 5.69 Å². The first-order valence-electron chi connectivity index (χ1n) is 4.07. The predicted molar refractivity (Wildman–Crippen MR) is 53.9 cm³/mol. The lowest BCUT2D eigenvalue weighted by Gasteiger charge is -2.01. The van der Waals surface area contributed by atoms with Gasteiger partial charge in [0.25, 0.3) is 5.78 Å². The Morgan fingerprint density at radius 2 is 2.21 bits per heavy atom. The summed E-state index contributed by atoms with van der Waals surface area (Å²) >= 11 is 1.48. The van der Waals surface area contributed by atoms with E-state index < -0.39 is 0 Å². The third-order valence-corrected chi connectivity index (χ3v) is 2.32. The number of nitrogens with zero attached hydrogens (tertiary/aromatic N) is 4. The van der Waals surface area contributed by atoms with Gasteiger partial charge in [-0.3, -0.25) is 0 Å². The zero-order valence-corrected chi connectivity index (χ0v) is 9.00. The topological polar surface area (TPSA) is 52.3 Å². The molecule has 0 atom stereocenters. The summed E-state index contributed by atoms with van der Waals surface area (Å²) in [6.07, 6.45) is 1.92. The van der Waals surface area contributed by atoms with Gasteiger partial charge in [-0.05, 0) is 13.2 Å². The van der Waals surface area contributed by atoms with Crippen LogP contribution >= 0.6 is 11.8 Å². The lowest BCUT2D eigenvalue weighted by molar-refractivity contribution is 0.383. The number of ether oxygens (including phenoxy) is 1. The van der Waals surface area contributed by atoms with Crippen molar-refractivity contribution in [3.63, 3.8) is 0 Å². The SMILES string of the molecule is COc1cc(C)nc2nc(SC)nn12. The van der Waals surface area contributed by atoms with Crippen LogP contribution in [0.5, 0.6) is 5.88 Å². The number of aromatic nitrogens is 4. The summed E-state index contributed by atoms with van der Waals surface area (Å²) < 4.78 is 6.77. The van der Waals surface area contributed by atoms with E-state index >= 15 is 0 Å². The minimum absolute atomic E-state index is 0.575. The predicted octanol–water partition coefficient (Wildman–Crippen LogP) is 1.16. The molecule has 2 heterocycles. The molecule has 0 spiro atoms. The van der Waals surface area contributed by atoms with E-state index in [9.17, 15) is 0 Å². The molecule has 2 aromatic rings. The number of hydrogen-bond donors (Lipinski definition) is 0. The number of rotatable bonds is 2. The van der Waals surface area contributed by atoms with Gasteiger partial charge in [0.05, 0.1) is 7.11 Å². The maximum absolute atomic E-state index is 5.18. The Labute approximate surface area is 85.5 Å². The van der Waals surface area contributed by atoms with Gasteiger partial charge in [-0.15, -0.1) is 5.10 Å². The second-order valence-corrected chi connectivity index (χ2v) is 3.52. The Bertz CT molecular complexity index is 468. The first-order chi connectivity index (χ1) is 6.74. The third kappa shape index (κ3) is 1.41. The molecule has 0 bridgehead atoms. The van der Waals surface area contributed by atoms with Crippen molar-refractivity contribution in [3.8, 4) is 5.88 Å². The van der Waals surface area contributed by atoms with Gasteiger partial charge in [-0.2, -0.15) is 9.50 Å². The summed E-state index contributed by atoms with van der Waals surface area (Å²) in [6.45, 7) is 1.90. The summed E-state index contributed by atoms with van der Waals surface area (Å²) in [4.78, 5) is 8.47. The zero-order chi connectivity index (χ0) is 10.1. The van der Waals surface area contributed by atoms with Crippen LogP contribution in [0, 0.1) is 6.92 Å². The highest BCUT2D eigenvalue weighted by Gasteiger charge is 2.08. The highest BCUT2D eigenvalue weighted by Crippen LogP contribution is 2.16. The number of methoxy groups -OCH3 is 1. The third-order valence-electron chi connectivity index (χ3n) is 1.78. The molecule has 0 amide bonds. The van der Waals surface area contributed by atoms with Gasteiger partial charge in [0.15, 0.2) is 0 Å². The minimum atomic E-state index is 0.575. The molecule has 0 aliphatic heterocycles. The maximum Gasteiger partial charge on any atom is 0.256 e. The van der Waals surface area contributed by atoms with Crippen LogP contribution in [0.2, 0.25) is 0 Å². The highest BCUT2D eigenvalue weighted by molar-refractivity contribution is 7.98. The molecule has 0 saturated heterocycles. The van der Waals surface area contributed by atoms with Crippen LogP contribution in [0.15, 0.2) is 11.2 Å². The average Bonchev–Trinajstić information content (AvgIpc) is 2.59. The Kier molecular flexibility index (Phi) is 2.28. The van der Waals surface area contributed by atoms with Crippen LogP contribution in [0.4, 0.5) is 0 Å². The molecule has 0 fully saturated rings. The Balaban J connectivity index is 2.71. The number of aryl methyl sites for hydroxylation is 1. The van der Waals surface area contributed by atoms with E-state index in [-0.39, 0.29) is 0 Å². The molecule has 2 aromatic heterocycles. The van der Waals surface area contributed by atoms with Gasteiger partial charge in [-0.25, -0.2) is 4.98 Å². The highest BCUT2D eigenvalue weighted by atomic mass is 32.2. The number of hydrogen-bond acceptors (Lipinski definition) is 5. The van der Waals surface area contributed by atoms with Gasteiger partial charge in [0, 0.05) is 11.8 Å². The fraction of sp³-hybridized carbons (Fsp3) is 0.375. The van der Waals surface area contributed by atoms with Crippen LogP contribution in [-0.4, -0.2) is 32.9 Å². The van der Waals surface area contributed by atoms with E-state index in [1.165, 1.54) is 11.8 Å². The molecule has 0 unspecified atom stereocenters. The Morgan fingerprint density at radius 1 is 1.43 bits per heavy atom. The molecular weight excluding hydrogens is 200 g/mol. The van der Waals surface area contributed by atoms with Crippen molar-refractivity contribution in [2.45, 2.75) is 12.1 Å². The van der Waals surface area contributed by atoms with Crippen molar-refractivity contribution >= 4 is 17.5 Å². The van der Waals surface area contributed by atoms with Crippen molar-refractivity contribution in [2.75, 3.05) is 13.4 Å². The van der Waals surface area contributed by atoms with Crippen LogP contribution in [-0.2, 0) is 0 Å². The summed E-state index contributed by atoms with van der Waals surface area (Å²) in [5, 5.41) is 4.92. The molecule has 0 radical (unpaired) electrons. The first kappa shape index (κ1) is 9.26. The lowest BCUT2D eigenvalue weighted by Crippen LogP contribution is -1.98. The molecule has 0 saturated carbocycles. The average molecular weight is 210 g/mol. The normalized spacial score (nSPS) is 10.8. The van der Waals surface area contributed by atoms with Crippen molar-refractivity contribution in [1.29, 1.82) is 0 Å². The molecule has 5 nitrogen and oxygen atoms in total. The minimum Gasteiger partial charge on any atom is -0.481 e. The molecular formula is C8H10N4OS. The molecule has 2 rings (SSSR count). The number of thioether (sulfide) groups is 1. The smallest absolute Gasteiger partial charge is 0.256 e. The second kappa shape index (κ2) is 3.45. The molecule has 0 N–H and O–H groups in total. The van der Waals surface area contributed by atoms with E-state index in [4.69, 9.17) is 4.74 Å². The van der Waals surface area contributed by atoms with Gasteiger partial charge in [0.2, 0.25) is 11.0 Å². The van der Waals surface area contributed by atoms with E-state index in [1.54, 1.807) is 11.6 Å². The second-order valence-electron chi connectivity index (χ2n) is 2.75. The standard InChI is InChI=1S/C8H10N4OS/c1-5-4-6(13-2)12-7(9-5)10-8(11-12)14-3/h4H,1-3H3. The van der Waals surface area contributed by atoms with Crippen molar-refractivity contribution in [2.24, 2.45) is 0 Å². The van der Waals surface area contributed by atoms with Gasteiger partial charge < -0.3 is 4.74 Å².